The molecule has 0 radical (unpaired) electrons. The van der Waals surface area contributed by atoms with E-state index in [0.29, 0.717) is 28.0 Å². The number of hydrogen-bond donors (Lipinski definition) is 2. The molecule has 1 aromatic carbocycles. The van der Waals surface area contributed by atoms with E-state index in [9.17, 15) is 0 Å². The summed E-state index contributed by atoms with van der Waals surface area (Å²) in [4.78, 5) is 0. The van der Waals surface area contributed by atoms with Gasteiger partial charge in [0.05, 0.1) is 19.9 Å². The molecule has 124 valence electrons. The van der Waals surface area contributed by atoms with Crippen molar-refractivity contribution in [1.82, 2.24) is 25.0 Å². The molecule has 1 fully saturated rings. The van der Waals surface area contributed by atoms with Crippen LogP contribution < -0.4 is 9.47 Å². The van der Waals surface area contributed by atoms with Gasteiger partial charge >= 0.3 is 0 Å². The highest BCUT2D eigenvalue weighted by Crippen LogP contribution is 2.40. The van der Waals surface area contributed by atoms with Crippen LogP contribution in [0.1, 0.15) is 24.5 Å². The van der Waals surface area contributed by atoms with Crippen LogP contribution in [0.2, 0.25) is 0 Å². The minimum absolute atomic E-state index is 0.465. The summed E-state index contributed by atoms with van der Waals surface area (Å²) in [5.41, 5.74) is 2.64. The number of nitrogens with one attached hydrogen (secondary N) is 2. The number of methoxy groups -OCH3 is 2. The topological polar surface area (TPSA) is 80.8 Å². The molecule has 24 heavy (non-hydrogen) atoms. The fourth-order valence-electron chi connectivity index (χ4n) is 2.72. The fourth-order valence-corrected chi connectivity index (χ4v) is 2.95. The van der Waals surface area contributed by atoms with Crippen LogP contribution >= 0.6 is 12.2 Å². The third-order valence-electron chi connectivity index (χ3n) is 4.14. The highest BCUT2D eigenvalue weighted by Gasteiger charge is 2.27. The number of benzene rings is 1. The Bertz CT molecular complexity index is 938. The third-order valence-corrected chi connectivity index (χ3v) is 4.42. The van der Waals surface area contributed by atoms with Gasteiger partial charge in [0, 0.05) is 17.7 Å². The Morgan fingerprint density at radius 2 is 1.96 bits per heavy atom. The maximum absolute atomic E-state index is 5.48. The normalized spacial score (nSPS) is 13.9. The molecule has 3 aromatic rings. The van der Waals surface area contributed by atoms with Gasteiger partial charge < -0.3 is 9.47 Å². The molecule has 2 N–H and O–H groups in total. The summed E-state index contributed by atoms with van der Waals surface area (Å²) in [7, 11) is 3.24. The zero-order valence-electron chi connectivity index (χ0n) is 13.4. The van der Waals surface area contributed by atoms with Crippen LogP contribution in [-0.2, 0) is 0 Å². The lowest BCUT2D eigenvalue weighted by Gasteiger charge is -2.12. The minimum atomic E-state index is 0.465. The number of hydrogen-bond acceptors (Lipinski definition) is 5. The predicted molar refractivity (Wildman–Crippen MR) is 91.4 cm³/mol. The SMILES string of the molecule is COc1ccc(OC)c(-n2c(-c3cc(C4CC4)[nH]n3)n[nH]c2=S)c1. The molecule has 1 aliphatic carbocycles. The lowest BCUT2D eigenvalue weighted by molar-refractivity contribution is 0.401. The molecule has 8 heteroatoms. The van der Waals surface area contributed by atoms with Crippen LogP contribution in [0.5, 0.6) is 11.5 Å². The van der Waals surface area contributed by atoms with Crippen LogP contribution in [0.3, 0.4) is 0 Å². The van der Waals surface area contributed by atoms with Crippen molar-refractivity contribution in [3.8, 4) is 28.7 Å². The van der Waals surface area contributed by atoms with E-state index in [4.69, 9.17) is 21.7 Å². The predicted octanol–water partition coefficient (Wildman–Crippen LogP) is 3.21. The van der Waals surface area contributed by atoms with Gasteiger partial charge in [0.2, 0.25) is 0 Å². The summed E-state index contributed by atoms with van der Waals surface area (Å²) >= 11 is 5.42. The molecule has 0 amide bonds. The van der Waals surface area contributed by atoms with E-state index in [-0.39, 0.29) is 0 Å². The first-order valence-electron chi connectivity index (χ1n) is 7.66. The Morgan fingerprint density at radius 1 is 1.12 bits per heavy atom. The summed E-state index contributed by atoms with van der Waals surface area (Å²) in [6.07, 6.45) is 2.41. The molecule has 4 rings (SSSR count). The van der Waals surface area contributed by atoms with E-state index in [1.807, 2.05) is 28.8 Å². The van der Waals surface area contributed by atoms with Crippen molar-refractivity contribution in [2.45, 2.75) is 18.8 Å². The molecular formula is C16H17N5O2S. The van der Waals surface area contributed by atoms with E-state index in [1.54, 1.807) is 14.2 Å². The van der Waals surface area contributed by atoms with Crippen molar-refractivity contribution in [3.05, 3.63) is 34.7 Å². The fraction of sp³-hybridized carbons (Fsp3) is 0.312. The molecule has 1 saturated carbocycles. The quantitative estimate of drug-likeness (QED) is 0.695. The van der Waals surface area contributed by atoms with Gasteiger partial charge in [0.1, 0.15) is 17.2 Å². The van der Waals surface area contributed by atoms with Gasteiger partial charge in [0.15, 0.2) is 10.6 Å². The highest BCUT2D eigenvalue weighted by atomic mass is 32.1. The second kappa shape index (κ2) is 5.79. The molecule has 0 aliphatic heterocycles. The van der Waals surface area contributed by atoms with Crippen molar-refractivity contribution in [1.29, 1.82) is 0 Å². The second-order valence-corrected chi connectivity index (χ2v) is 6.10. The monoisotopic (exact) mass is 343 g/mol. The Labute approximate surface area is 143 Å². The highest BCUT2D eigenvalue weighted by molar-refractivity contribution is 7.71. The van der Waals surface area contributed by atoms with Crippen LogP contribution in [0.4, 0.5) is 0 Å². The Hall–Kier alpha value is -2.61. The molecule has 0 saturated heterocycles. The number of aromatic nitrogens is 5. The molecule has 2 heterocycles. The molecule has 0 atom stereocenters. The largest absolute Gasteiger partial charge is 0.497 e. The average molecular weight is 343 g/mol. The lowest BCUT2D eigenvalue weighted by Crippen LogP contribution is -2.01. The van der Waals surface area contributed by atoms with Gasteiger partial charge in [-0.25, -0.2) is 0 Å². The summed E-state index contributed by atoms with van der Waals surface area (Å²) in [6.45, 7) is 0. The number of rotatable bonds is 5. The smallest absolute Gasteiger partial charge is 0.200 e. The van der Waals surface area contributed by atoms with Gasteiger partial charge in [0.25, 0.3) is 0 Å². The van der Waals surface area contributed by atoms with Gasteiger partial charge in [-0.1, -0.05) is 0 Å². The third kappa shape index (κ3) is 2.48. The van der Waals surface area contributed by atoms with Gasteiger partial charge in [-0.15, -0.1) is 0 Å². The van der Waals surface area contributed by atoms with E-state index in [0.717, 1.165) is 17.1 Å². The average Bonchev–Trinajstić information content (AvgIpc) is 3.22. The summed E-state index contributed by atoms with van der Waals surface area (Å²) < 4.78 is 13.1. The number of aromatic amines is 2. The Balaban J connectivity index is 1.86. The van der Waals surface area contributed by atoms with Gasteiger partial charge in [-0.3, -0.25) is 14.8 Å². The molecule has 0 unspecified atom stereocenters. The van der Waals surface area contributed by atoms with Crippen LogP contribution in [0.15, 0.2) is 24.3 Å². The standard InChI is InChI=1S/C16H17N5O2S/c1-22-10-5-6-14(23-2)13(7-10)21-15(19-20-16(21)24)12-8-11(17-18-12)9-3-4-9/h5-9H,3-4H2,1-2H3,(H,17,18)(H,20,24). The van der Waals surface area contributed by atoms with Crippen molar-refractivity contribution in [2.24, 2.45) is 0 Å². The van der Waals surface area contributed by atoms with Crippen molar-refractivity contribution < 1.29 is 9.47 Å². The van der Waals surface area contributed by atoms with Crippen LogP contribution in [0.25, 0.3) is 17.2 Å². The van der Waals surface area contributed by atoms with Crippen LogP contribution in [0, 0.1) is 4.77 Å². The van der Waals surface area contributed by atoms with E-state index in [2.05, 4.69) is 20.4 Å². The minimum Gasteiger partial charge on any atom is -0.497 e. The molecule has 1 aliphatic rings. The van der Waals surface area contributed by atoms with Crippen molar-refractivity contribution in [2.75, 3.05) is 14.2 Å². The second-order valence-electron chi connectivity index (χ2n) is 5.71. The Morgan fingerprint density at radius 3 is 2.67 bits per heavy atom. The number of ether oxygens (including phenoxy) is 2. The molecule has 0 bridgehead atoms. The molecule has 2 aromatic heterocycles. The first-order valence-corrected chi connectivity index (χ1v) is 8.07. The van der Waals surface area contributed by atoms with Gasteiger partial charge in [-0.05, 0) is 43.3 Å². The first kappa shape index (κ1) is 14.9. The Kier molecular flexibility index (Phi) is 3.61. The van der Waals surface area contributed by atoms with E-state index in [1.165, 1.54) is 12.8 Å². The van der Waals surface area contributed by atoms with Gasteiger partial charge in [-0.2, -0.15) is 10.2 Å². The van der Waals surface area contributed by atoms with Crippen molar-refractivity contribution >= 4 is 12.2 Å². The number of H-pyrrole nitrogens is 2. The van der Waals surface area contributed by atoms with Crippen LogP contribution in [-0.4, -0.2) is 39.2 Å². The molecular weight excluding hydrogens is 326 g/mol. The summed E-state index contributed by atoms with van der Waals surface area (Å²) in [6, 6.07) is 7.58. The van der Waals surface area contributed by atoms with E-state index < -0.39 is 0 Å². The number of nitrogens with zero attached hydrogens (tertiary/aromatic N) is 3. The summed E-state index contributed by atoms with van der Waals surface area (Å²) in [5, 5.41) is 14.7. The lowest BCUT2D eigenvalue weighted by atomic mass is 10.2. The van der Waals surface area contributed by atoms with Crippen molar-refractivity contribution in [3.63, 3.8) is 0 Å². The summed E-state index contributed by atoms with van der Waals surface area (Å²) in [5.74, 6) is 2.61. The molecule has 7 nitrogen and oxygen atoms in total. The maximum Gasteiger partial charge on any atom is 0.200 e. The first-order chi connectivity index (χ1) is 11.7. The molecule has 0 spiro atoms. The zero-order valence-corrected chi connectivity index (χ0v) is 14.2. The maximum atomic E-state index is 5.48. The zero-order chi connectivity index (χ0) is 16.7. The van der Waals surface area contributed by atoms with E-state index >= 15 is 0 Å².